The second-order valence-corrected chi connectivity index (χ2v) is 5.50. The Labute approximate surface area is 119 Å². The van der Waals surface area contributed by atoms with Gasteiger partial charge in [0.25, 0.3) is 5.91 Å². The van der Waals surface area contributed by atoms with Gasteiger partial charge in [0.1, 0.15) is 5.82 Å². The van der Waals surface area contributed by atoms with Crippen LogP contribution < -0.4 is 5.73 Å². The Balaban J connectivity index is 3.08. The smallest absolute Gasteiger partial charge is 0.258 e. The first-order chi connectivity index (χ1) is 8.82. The summed E-state index contributed by atoms with van der Waals surface area (Å²) >= 11 is 3.14. The fourth-order valence-corrected chi connectivity index (χ4v) is 2.22. The summed E-state index contributed by atoms with van der Waals surface area (Å²) in [6, 6.07) is 4.28. The van der Waals surface area contributed by atoms with E-state index in [9.17, 15) is 14.0 Å². The molecule has 0 spiro atoms. The van der Waals surface area contributed by atoms with E-state index in [1.807, 2.05) is 13.8 Å². The molecule has 0 aliphatic carbocycles. The molecule has 1 rings (SSSR count). The highest BCUT2D eigenvalue weighted by atomic mass is 79.9. The van der Waals surface area contributed by atoms with Crippen molar-refractivity contribution in [2.24, 2.45) is 11.7 Å². The number of nitrogens with zero attached hydrogens (tertiary/aromatic N) is 1. The quantitative estimate of drug-likeness (QED) is 0.899. The van der Waals surface area contributed by atoms with Crippen LogP contribution in [-0.2, 0) is 4.79 Å². The highest BCUT2D eigenvalue weighted by molar-refractivity contribution is 9.10. The average molecular weight is 331 g/mol. The molecule has 2 N–H and O–H groups in total. The van der Waals surface area contributed by atoms with Crippen molar-refractivity contribution in [2.75, 3.05) is 13.1 Å². The predicted molar refractivity (Wildman–Crippen MR) is 74.0 cm³/mol. The van der Waals surface area contributed by atoms with Crippen LogP contribution in [0.4, 0.5) is 4.39 Å². The number of hydrogen-bond acceptors (Lipinski definition) is 2. The number of amides is 2. The van der Waals surface area contributed by atoms with Gasteiger partial charge in [-0.15, -0.1) is 0 Å². The van der Waals surface area contributed by atoms with Crippen LogP contribution in [0.15, 0.2) is 22.7 Å². The summed E-state index contributed by atoms with van der Waals surface area (Å²) in [7, 11) is 0. The number of carbonyl (C=O) groups is 2. The highest BCUT2D eigenvalue weighted by Gasteiger charge is 2.23. The Kier molecular flexibility index (Phi) is 5.47. The first-order valence-electron chi connectivity index (χ1n) is 5.84. The van der Waals surface area contributed by atoms with Crippen molar-refractivity contribution in [3.8, 4) is 0 Å². The molecule has 0 saturated carbocycles. The lowest BCUT2D eigenvalue weighted by molar-refractivity contribution is -0.118. The van der Waals surface area contributed by atoms with Gasteiger partial charge in [-0.2, -0.15) is 0 Å². The normalized spacial score (nSPS) is 10.6. The van der Waals surface area contributed by atoms with Crippen LogP contribution in [0, 0.1) is 11.7 Å². The van der Waals surface area contributed by atoms with Gasteiger partial charge in [-0.05, 0) is 34.0 Å². The zero-order valence-electron chi connectivity index (χ0n) is 10.8. The van der Waals surface area contributed by atoms with E-state index in [-0.39, 0.29) is 18.0 Å². The molecule has 0 aliphatic rings. The summed E-state index contributed by atoms with van der Waals surface area (Å²) in [6.45, 7) is 3.91. The summed E-state index contributed by atoms with van der Waals surface area (Å²) in [4.78, 5) is 24.6. The number of primary amides is 1. The monoisotopic (exact) mass is 330 g/mol. The van der Waals surface area contributed by atoms with Crippen LogP contribution in [0.3, 0.4) is 0 Å². The van der Waals surface area contributed by atoms with Crippen molar-refractivity contribution in [1.29, 1.82) is 0 Å². The van der Waals surface area contributed by atoms with Crippen molar-refractivity contribution in [3.05, 3.63) is 34.1 Å². The maximum atomic E-state index is 13.7. The molecule has 0 aliphatic heterocycles. The zero-order chi connectivity index (χ0) is 14.6. The largest absolute Gasteiger partial charge is 0.368 e. The third kappa shape index (κ3) is 4.31. The molecule has 0 fully saturated rings. The Hall–Kier alpha value is -1.43. The Morgan fingerprint density at radius 3 is 2.53 bits per heavy atom. The first-order valence-corrected chi connectivity index (χ1v) is 6.63. The molecular weight excluding hydrogens is 315 g/mol. The van der Waals surface area contributed by atoms with E-state index in [0.29, 0.717) is 11.0 Å². The van der Waals surface area contributed by atoms with Gasteiger partial charge in [-0.1, -0.05) is 19.9 Å². The minimum Gasteiger partial charge on any atom is -0.368 e. The first kappa shape index (κ1) is 15.6. The summed E-state index contributed by atoms with van der Waals surface area (Å²) in [6.07, 6.45) is 0. The SMILES string of the molecule is CC(C)CN(CC(N)=O)C(=O)c1c(F)cccc1Br. The maximum absolute atomic E-state index is 13.7. The lowest BCUT2D eigenvalue weighted by Gasteiger charge is -2.23. The van der Waals surface area contributed by atoms with Crippen LogP contribution >= 0.6 is 15.9 Å². The third-order valence-corrected chi connectivity index (χ3v) is 3.06. The topological polar surface area (TPSA) is 63.4 Å². The van der Waals surface area contributed by atoms with Crippen molar-refractivity contribution in [3.63, 3.8) is 0 Å². The Bertz CT molecular complexity index is 471. The van der Waals surface area contributed by atoms with Crippen molar-refractivity contribution >= 4 is 27.7 Å². The Morgan fingerprint density at radius 1 is 1.42 bits per heavy atom. The molecule has 104 valence electrons. The molecule has 0 unspecified atom stereocenters. The molecule has 19 heavy (non-hydrogen) atoms. The number of rotatable bonds is 5. The second-order valence-electron chi connectivity index (χ2n) is 4.64. The summed E-state index contributed by atoms with van der Waals surface area (Å²) in [5.74, 6) is -1.65. The third-order valence-electron chi connectivity index (χ3n) is 2.40. The fourth-order valence-electron chi connectivity index (χ4n) is 1.71. The average Bonchev–Trinajstić information content (AvgIpc) is 2.26. The van der Waals surface area contributed by atoms with Gasteiger partial charge in [0.15, 0.2) is 0 Å². The van der Waals surface area contributed by atoms with E-state index in [4.69, 9.17) is 5.73 Å². The van der Waals surface area contributed by atoms with E-state index < -0.39 is 17.6 Å². The maximum Gasteiger partial charge on any atom is 0.258 e. The summed E-state index contributed by atoms with van der Waals surface area (Å²) in [5.41, 5.74) is 5.04. The molecule has 0 saturated heterocycles. The summed E-state index contributed by atoms with van der Waals surface area (Å²) < 4.78 is 14.1. The van der Waals surface area contributed by atoms with Crippen LogP contribution in [0.5, 0.6) is 0 Å². The molecule has 2 amide bonds. The molecule has 0 aromatic heterocycles. The molecular formula is C13H16BrFN2O2. The number of halogens is 2. The second kappa shape index (κ2) is 6.65. The van der Waals surface area contributed by atoms with E-state index in [2.05, 4.69) is 15.9 Å². The molecule has 0 bridgehead atoms. The van der Waals surface area contributed by atoms with E-state index in [1.165, 1.54) is 17.0 Å². The van der Waals surface area contributed by atoms with Gasteiger partial charge in [-0.3, -0.25) is 9.59 Å². The molecule has 1 aromatic rings. The minimum absolute atomic E-state index is 0.0793. The molecule has 4 nitrogen and oxygen atoms in total. The molecule has 1 aromatic carbocycles. The lowest BCUT2D eigenvalue weighted by Crippen LogP contribution is -2.41. The molecule has 0 radical (unpaired) electrons. The molecule has 0 heterocycles. The van der Waals surface area contributed by atoms with Gasteiger partial charge >= 0.3 is 0 Å². The molecule has 0 atom stereocenters. The van der Waals surface area contributed by atoms with Crippen molar-refractivity contribution in [1.82, 2.24) is 4.90 Å². The van der Waals surface area contributed by atoms with E-state index in [1.54, 1.807) is 6.07 Å². The van der Waals surface area contributed by atoms with Gasteiger partial charge in [0.2, 0.25) is 5.91 Å². The van der Waals surface area contributed by atoms with E-state index in [0.717, 1.165) is 0 Å². The van der Waals surface area contributed by atoms with Crippen LogP contribution in [0.2, 0.25) is 0 Å². The Morgan fingerprint density at radius 2 is 2.05 bits per heavy atom. The standard InChI is InChI=1S/C13H16BrFN2O2/c1-8(2)6-17(7-11(16)18)13(19)12-9(14)4-3-5-10(12)15/h3-5,8H,6-7H2,1-2H3,(H2,16,18). The van der Waals surface area contributed by atoms with Crippen molar-refractivity contribution < 1.29 is 14.0 Å². The molecule has 6 heteroatoms. The van der Waals surface area contributed by atoms with Crippen LogP contribution in [0.1, 0.15) is 24.2 Å². The van der Waals surface area contributed by atoms with E-state index >= 15 is 0 Å². The van der Waals surface area contributed by atoms with Crippen LogP contribution in [-0.4, -0.2) is 29.8 Å². The number of nitrogens with two attached hydrogens (primary N) is 1. The van der Waals surface area contributed by atoms with Gasteiger partial charge in [0, 0.05) is 11.0 Å². The minimum atomic E-state index is -0.627. The van der Waals surface area contributed by atoms with Crippen LogP contribution in [0.25, 0.3) is 0 Å². The fraction of sp³-hybridized carbons (Fsp3) is 0.385. The lowest BCUT2D eigenvalue weighted by atomic mass is 10.1. The predicted octanol–water partition coefficient (Wildman–Crippen LogP) is 2.17. The number of hydrogen-bond donors (Lipinski definition) is 1. The van der Waals surface area contributed by atoms with Gasteiger partial charge in [-0.25, -0.2) is 4.39 Å². The highest BCUT2D eigenvalue weighted by Crippen LogP contribution is 2.21. The summed E-state index contributed by atoms with van der Waals surface area (Å²) in [5, 5.41) is 0. The number of carbonyl (C=O) groups excluding carboxylic acids is 2. The van der Waals surface area contributed by atoms with Gasteiger partial charge in [0.05, 0.1) is 12.1 Å². The number of benzene rings is 1. The van der Waals surface area contributed by atoms with Crippen molar-refractivity contribution in [2.45, 2.75) is 13.8 Å². The van der Waals surface area contributed by atoms with Gasteiger partial charge < -0.3 is 10.6 Å². The zero-order valence-corrected chi connectivity index (χ0v) is 12.4.